The van der Waals surface area contributed by atoms with E-state index in [0.717, 1.165) is 18.5 Å². The molecule has 6 N–H and O–H groups in total. The number of hydrogen-bond donors (Lipinski definition) is 3. The minimum absolute atomic E-state index is 0.0752. The van der Waals surface area contributed by atoms with Crippen molar-refractivity contribution in [1.29, 1.82) is 0 Å². The van der Waals surface area contributed by atoms with Crippen molar-refractivity contribution in [3.8, 4) is 0 Å². The van der Waals surface area contributed by atoms with Crippen LogP contribution in [0, 0.1) is 0 Å². The molecule has 1 aliphatic carbocycles. The summed E-state index contributed by atoms with van der Waals surface area (Å²) in [5.41, 5.74) is 19.5. The average molecular weight is 217 g/mol. The molecule has 2 rings (SSSR count). The van der Waals surface area contributed by atoms with Gasteiger partial charge >= 0.3 is 0 Å². The molecule has 0 aromatic heterocycles. The van der Waals surface area contributed by atoms with E-state index >= 15 is 0 Å². The SMILES string of the molecule is NC(N)=NC(N)=Nc1cccc2c1CCC2. The van der Waals surface area contributed by atoms with Crippen LogP contribution in [0.1, 0.15) is 17.5 Å². The van der Waals surface area contributed by atoms with Gasteiger partial charge in [-0.25, -0.2) is 4.99 Å². The van der Waals surface area contributed by atoms with Crippen LogP contribution in [-0.4, -0.2) is 11.9 Å². The third-order valence-electron chi connectivity index (χ3n) is 2.60. The van der Waals surface area contributed by atoms with Crippen molar-refractivity contribution in [2.75, 3.05) is 0 Å². The van der Waals surface area contributed by atoms with Crippen LogP contribution in [0.2, 0.25) is 0 Å². The van der Waals surface area contributed by atoms with Gasteiger partial charge in [-0.2, -0.15) is 4.99 Å². The molecule has 0 saturated carbocycles. The van der Waals surface area contributed by atoms with Gasteiger partial charge in [0, 0.05) is 0 Å². The third-order valence-corrected chi connectivity index (χ3v) is 2.60. The molecule has 0 heterocycles. The molecule has 5 heteroatoms. The first-order chi connectivity index (χ1) is 7.66. The number of benzene rings is 1. The first-order valence-corrected chi connectivity index (χ1v) is 5.21. The second-order valence-corrected chi connectivity index (χ2v) is 3.78. The van der Waals surface area contributed by atoms with Gasteiger partial charge in [0.2, 0.25) is 5.96 Å². The summed E-state index contributed by atoms with van der Waals surface area (Å²) in [6, 6.07) is 6.03. The lowest BCUT2D eigenvalue weighted by molar-refractivity contribution is 0.911. The van der Waals surface area contributed by atoms with Crippen LogP contribution in [0.4, 0.5) is 5.69 Å². The molecule has 0 spiro atoms. The Morgan fingerprint density at radius 3 is 2.69 bits per heavy atom. The van der Waals surface area contributed by atoms with Crippen molar-refractivity contribution in [3.63, 3.8) is 0 Å². The molecular formula is C11H15N5. The lowest BCUT2D eigenvalue weighted by Crippen LogP contribution is -2.26. The second-order valence-electron chi connectivity index (χ2n) is 3.78. The fourth-order valence-electron chi connectivity index (χ4n) is 1.98. The summed E-state index contributed by atoms with van der Waals surface area (Å²) >= 11 is 0. The Kier molecular flexibility index (Phi) is 2.76. The second kappa shape index (κ2) is 4.22. The molecule has 16 heavy (non-hydrogen) atoms. The van der Waals surface area contributed by atoms with Gasteiger partial charge in [0.05, 0.1) is 5.69 Å². The Bertz CT molecular complexity index is 457. The number of aliphatic imine (C=N–C) groups is 2. The van der Waals surface area contributed by atoms with E-state index in [1.165, 1.54) is 17.5 Å². The summed E-state index contributed by atoms with van der Waals surface area (Å²) in [5.74, 6) is 0.0223. The van der Waals surface area contributed by atoms with Crippen LogP contribution in [0.25, 0.3) is 0 Å². The maximum atomic E-state index is 5.60. The maximum Gasteiger partial charge on any atom is 0.223 e. The third kappa shape index (κ3) is 2.13. The summed E-state index contributed by atoms with van der Waals surface area (Å²) in [6.07, 6.45) is 3.33. The summed E-state index contributed by atoms with van der Waals surface area (Å²) in [4.78, 5) is 7.92. The Morgan fingerprint density at radius 1 is 1.12 bits per heavy atom. The topological polar surface area (TPSA) is 103 Å². The van der Waals surface area contributed by atoms with E-state index in [0.29, 0.717) is 0 Å². The first-order valence-electron chi connectivity index (χ1n) is 5.21. The molecule has 1 aromatic rings. The maximum absolute atomic E-state index is 5.60. The lowest BCUT2D eigenvalue weighted by Gasteiger charge is -2.03. The average Bonchev–Trinajstić information content (AvgIpc) is 2.65. The number of guanidine groups is 2. The van der Waals surface area contributed by atoms with Crippen molar-refractivity contribution < 1.29 is 0 Å². The van der Waals surface area contributed by atoms with Crippen LogP contribution in [0.5, 0.6) is 0 Å². The summed E-state index contributed by atoms with van der Waals surface area (Å²) in [6.45, 7) is 0. The number of rotatable bonds is 1. The van der Waals surface area contributed by atoms with E-state index < -0.39 is 0 Å². The molecule has 84 valence electrons. The van der Waals surface area contributed by atoms with Gasteiger partial charge in [-0.1, -0.05) is 12.1 Å². The van der Waals surface area contributed by atoms with Crippen LogP contribution in [0.3, 0.4) is 0 Å². The molecule has 0 atom stereocenters. The molecule has 5 nitrogen and oxygen atoms in total. The van der Waals surface area contributed by atoms with Crippen molar-refractivity contribution in [3.05, 3.63) is 29.3 Å². The van der Waals surface area contributed by atoms with E-state index in [4.69, 9.17) is 17.2 Å². The van der Waals surface area contributed by atoms with E-state index in [1.54, 1.807) is 0 Å². The van der Waals surface area contributed by atoms with Gasteiger partial charge in [-0.3, -0.25) is 0 Å². The highest BCUT2D eigenvalue weighted by Gasteiger charge is 2.13. The predicted octanol–water partition coefficient (Wildman–Crippen LogP) is 0.395. The normalized spacial score (nSPS) is 14.6. The molecule has 0 aliphatic heterocycles. The van der Waals surface area contributed by atoms with E-state index in [-0.39, 0.29) is 11.9 Å². The fourth-order valence-corrected chi connectivity index (χ4v) is 1.98. The molecule has 0 unspecified atom stereocenters. The predicted molar refractivity (Wildman–Crippen MR) is 65.6 cm³/mol. The Labute approximate surface area is 94.1 Å². The lowest BCUT2D eigenvalue weighted by atomic mass is 10.1. The monoisotopic (exact) mass is 217 g/mol. The number of aryl methyl sites for hydroxylation is 1. The number of fused-ring (bicyclic) bond motifs is 1. The summed E-state index contributed by atoms with van der Waals surface area (Å²) in [5, 5.41) is 0. The molecule has 1 aliphatic rings. The molecule has 0 bridgehead atoms. The first kappa shape index (κ1) is 10.5. The highest BCUT2D eigenvalue weighted by molar-refractivity contribution is 5.93. The molecule has 0 saturated heterocycles. The standard InChI is InChI=1S/C11H15N5/c12-10(13)16-11(14)15-9-6-2-4-7-3-1-5-8(7)9/h2,4,6H,1,3,5H2,(H6,12,13,14,15,16). The van der Waals surface area contributed by atoms with Gasteiger partial charge in [-0.15, -0.1) is 0 Å². The highest BCUT2D eigenvalue weighted by Crippen LogP contribution is 2.30. The molecule has 0 radical (unpaired) electrons. The molecule has 1 aromatic carbocycles. The van der Waals surface area contributed by atoms with E-state index in [2.05, 4.69) is 16.1 Å². The number of nitrogens with zero attached hydrogens (tertiary/aromatic N) is 2. The largest absolute Gasteiger partial charge is 0.370 e. The Balaban J connectivity index is 2.35. The minimum atomic E-state index is -0.0752. The van der Waals surface area contributed by atoms with Crippen molar-refractivity contribution in [2.45, 2.75) is 19.3 Å². The van der Waals surface area contributed by atoms with Gasteiger partial charge in [0.1, 0.15) is 0 Å². The smallest absolute Gasteiger partial charge is 0.223 e. The van der Waals surface area contributed by atoms with Crippen LogP contribution in [0.15, 0.2) is 28.2 Å². The Hall–Kier alpha value is -2.04. The molecule has 0 amide bonds. The van der Waals surface area contributed by atoms with E-state index in [1.807, 2.05) is 12.1 Å². The van der Waals surface area contributed by atoms with Crippen molar-refractivity contribution in [2.24, 2.45) is 27.2 Å². The zero-order valence-corrected chi connectivity index (χ0v) is 8.98. The van der Waals surface area contributed by atoms with E-state index in [9.17, 15) is 0 Å². The highest BCUT2D eigenvalue weighted by atomic mass is 15.1. The van der Waals surface area contributed by atoms with Crippen molar-refractivity contribution >= 4 is 17.6 Å². The van der Waals surface area contributed by atoms with Crippen LogP contribution < -0.4 is 17.2 Å². The Morgan fingerprint density at radius 2 is 1.94 bits per heavy atom. The zero-order valence-electron chi connectivity index (χ0n) is 8.98. The zero-order chi connectivity index (χ0) is 11.5. The molecular weight excluding hydrogens is 202 g/mol. The number of hydrogen-bond acceptors (Lipinski definition) is 1. The van der Waals surface area contributed by atoms with Gasteiger partial charge in [0.15, 0.2) is 5.96 Å². The minimum Gasteiger partial charge on any atom is -0.370 e. The quantitative estimate of drug-likeness (QED) is 0.468. The summed E-state index contributed by atoms with van der Waals surface area (Å²) < 4.78 is 0. The van der Waals surface area contributed by atoms with Crippen LogP contribution >= 0.6 is 0 Å². The van der Waals surface area contributed by atoms with Gasteiger partial charge < -0.3 is 17.2 Å². The van der Waals surface area contributed by atoms with Gasteiger partial charge in [0.25, 0.3) is 0 Å². The van der Waals surface area contributed by atoms with Crippen LogP contribution in [-0.2, 0) is 12.8 Å². The van der Waals surface area contributed by atoms with Gasteiger partial charge in [-0.05, 0) is 36.5 Å². The number of nitrogens with two attached hydrogens (primary N) is 3. The molecule has 0 fully saturated rings. The fraction of sp³-hybridized carbons (Fsp3) is 0.273. The van der Waals surface area contributed by atoms with Crippen molar-refractivity contribution in [1.82, 2.24) is 0 Å². The summed E-state index contributed by atoms with van der Waals surface area (Å²) in [7, 11) is 0.